The Morgan fingerprint density at radius 3 is 2.48 bits per heavy atom. The molecule has 0 radical (unpaired) electrons. The summed E-state index contributed by atoms with van der Waals surface area (Å²) in [6.07, 6.45) is 16.2. The molecule has 0 N–H and O–H groups in total. The van der Waals surface area contributed by atoms with Crippen molar-refractivity contribution in [3.8, 4) is 0 Å². The Bertz CT molecular complexity index is 511. The number of allylic oxidation sites excluding steroid dienone is 3. The molecule has 4 atom stereocenters. The predicted molar refractivity (Wildman–Crippen MR) is 128 cm³/mol. The second kappa shape index (κ2) is 11.0. The van der Waals surface area contributed by atoms with Crippen molar-refractivity contribution < 1.29 is 4.74 Å². The highest BCUT2D eigenvalue weighted by atomic mass is 79.9. The third kappa shape index (κ3) is 8.74. The lowest BCUT2D eigenvalue weighted by Crippen LogP contribution is -2.44. The van der Waals surface area contributed by atoms with Gasteiger partial charge in [-0.15, -0.1) is 0 Å². The van der Waals surface area contributed by atoms with Gasteiger partial charge in [0.05, 0.1) is 11.7 Å². The zero-order chi connectivity index (χ0) is 20.7. The molecular formula is C24H42Br2O. The number of unbranched alkanes of at least 4 members (excludes halogenated alkanes) is 1. The van der Waals surface area contributed by atoms with Gasteiger partial charge in [-0.05, 0) is 69.3 Å². The minimum atomic E-state index is -0.0743. The number of hydrogen-bond donors (Lipinski definition) is 0. The molecule has 1 rings (SSSR count). The number of hydrogen-bond acceptors (Lipinski definition) is 1. The summed E-state index contributed by atoms with van der Waals surface area (Å²) in [5.41, 5.74) is 0.618. The first-order valence-electron chi connectivity index (χ1n) is 10.8. The second-order valence-electron chi connectivity index (χ2n) is 9.92. The van der Waals surface area contributed by atoms with Crippen molar-refractivity contribution in [2.24, 2.45) is 10.8 Å². The largest absolute Gasteiger partial charge is 0.368 e. The lowest BCUT2D eigenvalue weighted by Gasteiger charge is -2.49. The summed E-state index contributed by atoms with van der Waals surface area (Å²) in [5.74, 6) is 0. The molecule has 3 unspecified atom stereocenters. The van der Waals surface area contributed by atoms with Crippen LogP contribution in [0.5, 0.6) is 0 Å². The maximum absolute atomic E-state index is 6.67. The molecule has 0 aromatic carbocycles. The number of alkyl halides is 1. The molecule has 1 saturated carbocycles. The highest BCUT2D eigenvalue weighted by Crippen LogP contribution is 2.53. The van der Waals surface area contributed by atoms with Crippen molar-refractivity contribution in [3.05, 3.63) is 22.7 Å². The maximum Gasteiger partial charge on any atom is 0.0748 e. The monoisotopic (exact) mass is 504 g/mol. The van der Waals surface area contributed by atoms with Crippen LogP contribution in [0.4, 0.5) is 0 Å². The number of halogens is 2. The summed E-state index contributed by atoms with van der Waals surface area (Å²) in [6.45, 7) is 16.3. The van der Waals surface area contributed by atoms with E-state index in [-0.39, 0.29) is 11.7 Å². The Hall–Kier alpha value is 0.400. The second-order valence-corrected chi connectivity index (χ2v) is 11.9. The predicted octanol–water partition coefficient (Wildman–Crippen LogP) is 8.96. The normalized spacial score (nSPS) is 29.7. The zero-order valence-electron chi connectivity index (χ0n) is 18.7. The van der Waals surface area contributed by atoms with Crippen LogP contribution in [0.25, 0.3) is 0 Å². The summed E-state index contributed by atoms with van der Waals surface area (Å²) in [6, 6.07) is 0. The Balaban J connectivity index is 2.84. The van der Waals surface area contributed by atoms with Crippen LogP contribution in [-0.4, -0.2) is 16.5 Å². The fourth-order valence-electron chi connectivity index (χ4n) is 5.06. The Morgan fingerprint density at radius 1 is 1.26 bits per heavy atom. The molecule has 0 saturated heterocycles. The van der Waals surface area contributed by atoms with Gasteiger partial charge in [0.2, 0.25) is 0 Å². The van der Waals surface area contributed by atoms with E-state index < -0.39 is 0 Å². The Labute approximate surface area is 186 Å². The van der Waals surface area contributed by atoms with E-state index in [0.29, 0.717) is 15.7 Å². The van der Waals surface area contributed by atoms with Crippen LogP contribution in [-0.2, 0) is 4.74 Å². The molecule has 0 spiro atoms. The van der Waals surface area contributed by atoms with Crippen LogP contribution in [0.15, 0.2) is 22.7 Å². The quantitative estimate of drug-likeness (QED) is 0.212. The zero-order valence-corrected chi connectivity index (χ0v) is 21.9. The average molecular weight is 506 g/mol. The van der Waals surface area contributed by atoms with Gasteiger partial charge >= 0.3 is 0 Å². The van der Waals surface area contributed by atoms with Crippen LogP contribution < -0.4 is 0 Å². The van der Waals surface area contributed by atoms with Gasteiger partial charge in [0.25, 0.3) is 0 Å². The fraction of sp³-hybridized carbons (Fsp3) is 0.833. The lowest BCUT2D eigenvalue weighted by atomic mass is 9.61. The van der Waals surface area contributed by atoms with Gasteiger partial charge in [-0.2, -0.15) is 0 Å². The number of rotatable bonds is 10. The van der Waals surface area contributed by atoms with E-state index in [2.05, 4.69) is 98.6 Å². The summed E-state index contributed by atoms with van der Waals surface area (Å²) in [5, 5.41) is 0. The molecule has 0 heterocycles. The molecule has 1 fully saturated rings. The highest BCUT2D eigenvalue weighted by Gasteiger charge is 2.45. The van der Waals surface area contributed by atoms with Crippen LogP contribution in [0.1, 0.15) is 99.8 Å². The van der Waals surface area contributed by atoms with E-state index in [0.717, 1.165) is 30.2 Å². The van der Waals surface area contributed by atoms with Gasteiger partial charge in [-0.3, -0.25) is 0 Å². The molecule has 0 aliphatic heterocycles. The topological polar surface area (TPSA) is 9.23 Å². The van der Waals surface area contributed by atoms with Gasteiger partial charge in [0.15, 0.2) is 0 Å². The van der Waals surface area contributed by atoms with Crippen molar-refractivity contribution in [2.45, 2.75) is 116 Å². The van der Waals surface area contributed by atoms with Crippen LogP contribution in [0, 0.1) is 10.8 Å². The summed E-state index contributed by atoms with van der Waals surface area (Å²) in [4.78, 5) is 0.629. The van der Waals surface area contributed by atoms with Gasteiger partial charge in [0.1, 0.15) is 0 Å². The SMILES string of the molecule is CCC/C=C\C(Br)=C/C(C)OC(C)(CCC)CC1(C)CC[C@H](Br)C(C)(C)C1. The summed E-state index contributed by atoms with van der Waals surface area (Å²) in [7, 11) is 0. The lowest BCUT2D eigenvalue weighted by molar-refractivity contribution is -0.0987. The first kappa shape index (κ1) is 25.4. The summed E-state index contributed by atoms with van der Waals surface area (Å²) >= 11 is 7.59. The molecule has 0 amide bonds. The van der Waals surface area contributed by atoms with E-state index in [1.807, 2.05) is 0 Å². The van der Waals surface area contributed by atoms with Gasteiger partial charge in [-0.25, -0.2) is 0 Å². The fourth-order valence-corrected chi connectivity index (χ4v) is 6.01. The molecular weight excluding hydrogens is 464 g/mol. The van der Waals surface area contributed by atoms with E-state index in [1.54, 1.807) is 0 Å². The van der Waals surface area contributed by atoms with E-state index in [1.165, 1.54) is 25.7 Å². The van der Waals surface area contributed by atoms with Crippen molar-refractivity contribution in [3.63, 3.8) is 0 Å². The van der Waals surface area contributed by atoms with Gasteiger partial charge in [0, 0.05) is 9.31 Å². The Kier molecular flexibility index (Phi) is 10.3. The van der Waals surface area contributed by atoms with Gasteiger partial charge < -0.3 is 4.74 Å². The third-order valence-electron chi connectivity index (χ3n) is 5.91. The maximum atomic E-state index is 6.67. The first-order valence-corrected chi connectivity index (χ1v) is 12.5. The van der Waals surface area contributed by atoms with Crippen LogP contribution in [0.3, 0.4) is 0 Å². The summed E-state index contributed by atoms with van der Waals surface area (Å²) < 4.78 is 7.79. The Morgan fingerprint density at radius 2 is 1.93 bits per heavy atom. The minimum Gasteiger partial charge on any atom is -0.368 e. The molecule has 0 aromatic rings. The smallest absolute Gasteiger partial charge is 0.0748 e. The molecule has 1 nitrogen and oxygen atoms in total. The molecule has 1 aliphatic carbocycles. The molecule has 0 aromatic heterocycles. The van der Waals surface area contributed by atoms with Crippen molar-refractivity contribution in [2.75, 3.05) is 0 Å². The average Bonchev–Trinajstić information content (AvgIpc) is 2.50. The molecule has 1 aliphatic rings. The highest BCUT2D eigenvalue weighted by molar-refractivity contribution is 9.11. The van der Waals surface area contributed by atoms with Crippen molar-refractivity contribution in [1.29, 1.82) is 0 Å². The molecule has 158 valence electrons. The first-order chi connectivity index (χ1) is 12.5. The van der Waals surface area contributed by atoms with Crippen molar-refractivity contribution >= 4 is 31.9 Å². The van der Waals surface area contributed by atoms with E-state index in [9.17, 15) is 0 Å². The van der Waals surface area contributed by atoms with E-state index in [4.69, 9.17) is 4.74 Å². The van der Waals surface area contributed by atoms with E-state index >= 15 is 0 Å². The molecule has 27 heavy (non-hydrogen) atoms. The van der Waals surface area contributed by atoms with Crippen molar-refractivity contribution in [1.82, 2.24) is 0 Å². The van der Waals surface area contributed by atoms with Gasteiger partial charge in [-0.1, -0.05) is 91.5 Å². The third-order valence-corrected chi connectivity index (χ3v) is 8.13. The van der Waals surface area contributed by atoms with Crippen LogP contribution >= 0.6 is 31.9 Å². The molecule has 0 bridgehead atoms. The minimum absolute atomic E-state index is 0.0743. The standard InChI is InChI=1S/C24H42Br2O/c1-8-10-11-12-20(25)16-19(3)27-24(7,14-9-2)18-23(6)15-13-21(26)22(4,5)17-23/h11-12,16,19,21H,8-10,13-15,17-18H2,1-7H3/b12-11-,20-16+/t19?,21-,23?,24?/m0/s1. The van der Waals surface area contributed by atoms with Crippen LogP contribution in [0.2, 0.25) is 0 Å². The molecule has 3 heteroatoms. The number of ether oxygens (including phenoxy) is 1.